The average molecular weight is 464 g/mol. The highest BCUT2D eigenvalue weighted by atomic mass is 35.5. The highest BCUT2D eigenvalue weighted by Gasteiger charge is 2.31. The number of hydrogen-bond acceptors (Lipinski definition) is 4. The van der Waals surface area contributed by atoms with Gasteiger partial charge in [-0.05, 0) is 36.4 Å². The van der Waals surface area contributed by atoms with Gasteiger partial charge in [0.05, 0.1) is 16.9 Å². The molecule has 0 bridgehead atoms. The molecule has 1 heterocycles. The summed E-state index contributed by atoms with van der Waals surface area (Å²) in [4.78, 5) is 17.9. The lowest BCUT2D eigenvalue weighted by Crippen LogP contribution is -2.27. The van der Waals surface area contributed by atoms with Gasteiger partial charge in [-0.1, -0.05) is 0 Å². The molecule has 3 aromatic rings. The molecule has 2 aromatic carbocycles. The molecule has 0 aliphatic heterocycles. The van der Waals surface area contributed by atoms with Gasteiger partial charge in [-0.2, -0.15) is 13.2 Å². The van der Waals surface area contributed by atoms with Crippen molar-refractivity contribution < 1.29 is 26.7 Å². The number of benzene rings is 2. The van der Waals surface area contributed by atoms with E-state index in [1.54, 1.807) is 0 Å². The van der Waals surface area contributed by atoms with Gasteiger partial charge in [-0.25, -0.2) is 13.8 Å². The van der Waals surface area contributed by atoms with Crippen LogP contribution < -0.4 is 10.6 Å². The van der Waals surface area contributed by atoms with Gasteiger partial charge in [0.1, 0.15) is 11.6 Å². The number of halogens is 6. The molecule has 2 N–H and O–H groups in total. The number of aromatic nitrogens is 1. The van der Waals surface area contributed by atoms with Gasteiger partial charge in [-0.15, -0.1) is 23.7 Å². The van der Waals surface area contributed by atoms with Crippen LogP contribution in [0.1, 0.15) is 12.0 Å². The zero-order valence-corrected chi connectivity index (χ0v) is 16.8. The molecule has 0 saturated carbocycles. The molecule has 0 atom stereocenters. The Morgan fingerprint density at radius 2 is 1.77 bits per heavy atom. The molecule has 3 rings (SSSR count). The fourth-order valence-corrected chi connectivity index (χ4v) is 3.44. The smallest absolute Gasteiger partial charge is 0.330 e. The van der Waals surface area contributed by atoms with Gasteiger partial charge in [-0.3, -0.25) is 9.69 Å². The lowest BCUT2D eigenvalue weighted by atomic mass is 10.1. The van der Waals surface area contributed by atoms with Crippen LogP contribution in [-0.4, -0.2) is 17.4 Å². The van der Waals surface area contributed by atoms with E-state index in [2.05, 4.69) is 4.98 Å². The monoisotopic (exact) mass is 463 g/mol. The minimum absolute atomic E-state index is 0. The molecule has 0 fully saturated rings. The highest BCUT2D eigenvalue weighted by Crippen LogP contribution is 2.36. The van der Waals surface area contributed by atoms with Crippen LogP contribution in [0, 0.1) is 11.6 Å². The van der Waals surface area contributed by atoms with Crippen molar-refractivity contribution in [2.45, 2.75) is 12.6 Å². The Kier molecular flexibility index (Phi) is 7.51. The van der Waals surface area contributed by atoms with E-state index in [1.165, 1.54) is 11.4 Å². The molecule has 1 aromatic heterocycles. The van der Waals surface area contributed by atoms with Crippen molar-refractivity contribution in [2.24, 2.45) is 5.73 Å². The number of nitrogens with two attached hydrogens (primary N) is 1. The van der Waals surface area contributed by atoms with Crippen LogP contribution in [0.3, 0.4) is 0 Å². The van der Waals surface area contributed by atoms with Gasteiger partial charge < -0.3 is 5.73 Å². The summed E-state index contributed by atoms with van der Waals surface area (Å²) in [6, 6.07) is 7.01. The molecule has 1 amide bonds. The maximum Gasteiger partial charge on any atom is 0.416 e. The predicted octanol–water partition coefficient (Wildman–Crippen LogP) is 5.54. The third-order valence-electron chi connectivity index (χ3n) is 3.95. The van der Waals surface area contributed by atoms with Crippen molar-refractivity contribution in [2.75, 3.05) is 11.4 Å². The van der Waals surface area contributed by atoms with Crippen molar-refractivity contribution in [1.29, 1.82) is 0 Å². The molecule has 0 spiro atoms. The summed E-state index contributed by atoms with van der Waals surface area (Å²) >= 11 is 0.995. The van der Waals surface area contributed by atoms with E-state index in [-0.39, 0.29) is 47.4 Å². The zero-order valence-electron chi connectivity index (χ0n) is 15.1. The quantitative estimate of drug-likeness (QED) is 0.505. The molecular formula is C19H15ClF5N3OS. The Morgan fingerprint density at radius 1 is 1.10 bits per heavy atom. The van der Waals surface area contributed by atoms with E-state index in [0.717, 1.165) is 46.6 Å². The van der Waals surface area contributed by atoms with Crippen molar-refractivity contribution >= 4 is 40.5 Å². The summed E-state index contributed by atoms with van der Waals surface area (Å²) in [6.07, 6.45) is -4.58. The summed E-state index contributed by atoms with van der Waals surface area (Å²) in [6.45, 7) is 0.0286. The minimum Gasteiger partial charge on any atom is -0.330 e. The Hall–Kier alpha value is -2.56. The third kappa shape index (κ3) is 5.13. The van der Waals surface area contributed by atoms with E-state index < -0.39 is 29.3 Å². The maximum absolute atomic E-state index is 14.0. The van der Waals surface area contributed by atoms with E-state index in [4.69, 9.17) is 5.73 Å². The average Bonchev–Trinajstić information content (AvgIpc) is 3.11. The summed E-state index contributed by atoms with van der Waals surface area (Å²) in [5.41, 5.74) is 4.94. The summed E-state index contributed by atoms with van der Waals surface area (Å²) in [5, 5.41) is 1.60. The molecule has 11 heteroatoms. The van der Waals surface area contributed by atoms with Crippen LogP contribution in [0.2, 0.25) is 0 Å². The molecule has 30 heavy (non-hydrogen) atoms. The number of alkyl halides is 3. The fourth-order valence-electron chi connectivity index (χ4n) is 2.58. The first-order valence-electron chi connectivity index (χ1n) is 8.32. The predicted molar refractivity (Wildman–Crippen MR) is 107 cm³/mol. The molecular weight excluding hydrogens is 449 g/mol. The van der Waals surface area contributed by atoms with Gasteiger partial charge in [0.15, 0.2) is 5.13 Å². The second-order valence-electron chi connectivity index (χ2n) is 5.95. The SMILES string of the molecule is Cl.NCCC(=O)N(c1ccc(C(F)(F)F)cc1)c1nc(-c2ccc(F)cc2F)cs1. The van der Waals surface area contributed by atoms with E-state index in [9.17, 15) is 26.7 Å². The van der Waals surface area contributed by atoms with E-state index >= 15 is 0 Å². The number of amides is 1. The van der Waals surface area contributed by atoms with Gasteiger partial charge in [0.25, 0.3) is 0 Å². The fraction of sp³-hybridized carbons (Fsp3) is 0.158. The van der Waals surface area contributed by atoms with Crippen LogP contribution in [0.4, 0.5) is 32.8 Å². The lowest BCUT2D eigenvalue weighted by molar-refractivity contribution is -0.137. The second-order valence-corrected chi connectivity index (χ2v) is 6.79. The normalized spacial score (nSPS) is 11.1. The number of rotatable bonds is 5. The van der Waals surface area contributed by atoms with Crippen LogP contribution in [-0.2, 0) is 11.0 Å². The molecule has 160 valence electrons. The van der Waals surface area contributed by atoms with Gasteiger partial charge in [0, 0.05) is 30.0 Å². The molecule has 0 aliphatic carbocycles. The Labute approximate surface area is 178 Å². The molecule has 0 radical (unpaired) electrons. The standard InChI is InChI=1S/C19H14F5N3OS.ClH/c20-12-3-6-14(15(21)9-12)16-10-29-18(26-16)27(17(28)7-8-25)13-4-1-11(2-5-13)19(22,23)24;/h1-6,9-10H,7-8,25H2;1H. The Morgan fingerprint density at radius 3 is 2.33 bits per heavy atom. The van der Waals surface area contributed by atoms with Gasteiger partial charge in [0.2, 0.25) is 5.91 Å². The molecule has 4 nitrogen and oxygen atoms in total. The zero-order chi connectivity index (χ0) is 21.2. The number of carbonyl (C=O) groups is 1. The van der Waals surface area contributed by atoms with Crippen LogP contribution in [0.25, 0.3) is 11.3 Å². The minimum atomic E-state index is -4.51. The molecule has 0 unspecified atom stereocenters. The van der Waals surface area contributed by atoms with Gasteiger partial charge >= 0.3 is 6.18 Å². The molecule has 0 aliphatic rings. The largest absolute Gasteiger partial charge is 0.416 e. The number of thiazole rings is 1. The lowest BCUT2D eigenvalue weighted by Gasteiger charge is -2.20. The van der Waals surface area contributed by atoms with E-state index in [0.29, 0.717) is 6.07 Å². The molecule has 0 saturated heterocycles. The number of anilines is 2. The first-order valence-corrected chi connectivity index (χ1v) is 9.20. The number of nitrogens with zero attached hydrogens (tertiary/aromatic N) is 2. The van der Waals surface area contributed by atoms with Crippen molar-refractivity contribution in [3.63, 3.8) is 0 Å². The topological polar surface area (TPSA) is 59.2 Å². The van der Waals surface area contributed by atoms with Crippen molar-refractivity contribution in [3.8, 4) is 11.3 Å². The van der Waals surface area contributed by atoms with Crippen LogP contribution >= 0.6 is 23.7 Å². The van der Waals surface area contributed by atoms with E-state index in [1.807, 2.05) is 0 Å². The number of hydrogen-bond donors (Lipinski definition) is 1. The van der Waals surface area contributed by atoms with Crippen LogP contribution in [0.5, 0.6) is 0 Å². The van der Waals surface area contributed by atoms with Crippen molar-refractivity contribution in [1.82, 2.24) is 4.98 Å². The summed E-state index contributed by atoms with van der Waals surface area (Å²) in [7, 11) is 0. The second kappa shape index (κ2) is 9.50. The first kappa shape index (κ1) is 23.7. The first-order chi connectivity index (χ1) is 13.7. The van der Waals surface area contributed by atoms with Crippen molar-refractivity contribution in [3.05, 3.63) is 65.0 Å². The third-order valence-corrected chi connectivity index (χ3v) is 4.78. The Bertz CT molecular complexity index is 1020. The summed E-state index contributed by atoms with van der Waals surface area (Å²) in [5.74, 6) is -2.05. The van der Waals surface area contributed by atoms with Crippen LogP contribution in [0.15, 0.2) is 47.8 Å². The highest BCUT2D eigenvalue weighted by molar-refractivity contribution is 7.14. The summed E-state index contributed by atoms with van der Waals surface area (Å²) < 4.78 is 65.6. The maximum atomic E-state index is 14.0. The Balaban J connectivity index is 0.00000320. The number of carbonyl (C=O) groups excluding carboxylic acids is 1.